The predicted molar refractivity (Wildman–Crippen MR) is 97.0 cm³/mol. The maximum Gasteiger partial charge on any atom is 0.274 e. The van der Waals surface area contributed by atoms with E-state index in [4.69, 9.17) is 4.52 Å². The number of aromatic nitrogens is 6. The van der Waals surface area contributed by atoms with Gasteiger partial charge in [0, 0.05) is 7.05 Å². The summed E-state index contributed by atoms with van der Waals surface area (Å²) < 4.78 is 7.16. The van der Waals surface area contributed by atoms with Crippen molar-refractivity contribution in [3.63, 3.8) is 0 Å². The lowest BCUT2D eigenvalue weighted by molar-refractivity contribution is 0.0710. The van der Waals surface area contributed by atoms with Crippen LogP contribution in [-0.4, -0.2) is 47.7 Å². The van der Waals surface area contributed by atoms with Crippen molar-refractivity contribution < 1.29 is 9.32 Å². The average Bonchev–Trinajstić information content (AvgIpc) is 3.41. The molecular formula is C18H19N7O2. The highest BCUT2D eigenvalue weighted by molar-refractivity contribution is 5.92. The second kappa shape index (κ2) is 6.67. The van der Waals surface area contributed by atoms with Crippen LogP contribution in [0.4, 0.5) is 0 Å². The van der Waals surface area contributed by atoms with Crippen molar-refractivity contribution in [2.75, 3.05) is 7.05 Å². The molecule has 0 radical (unpaired) electrons. The molecule has 4 aromatic rings. The van der Waals surface area contributed by atoms with E-state index in [0.717, 1.165) is 16.7 Å². The molecule has 0 aliphatic rings. The van der Waals surface area contributed by atoms with E-state index in [1.807, 2.05) is 35.8 Å². The smallest absolute Gasteiger partial charge is 0.274 e. The number of hydrogen-bond donors (Lipinski definition) is 1. The fraction of sp³-hybridized carbons (Fsp3) is 0.278. The molecule has 4 rings (SSSR count). The number of carbonyl (C=O) groups is 1. The molecule has 27 heavy (non-hydrogen) atoms. The average molecular weight is 365 g/mol. The first-order valence-electron chi connectivity index (χ1n) is 8.54. The SMILES string of the molecule is Cc1noc([C@H](C)N(C)C(=O)c2cc(Cn3cnc4ccccc43)[nH]n2)n1. The van der Waals surface area contributed by atoms with Crippen LogP contribution in [0.25, 0.3) is 11.0 Å². The molecule has 0 saturated heterocycles. The van der Waals surface area contributed by atoms with Crippen molar-refractivity contribution in [2.45, 2.75) is 26.4 Å². The minimum atomic E-state index is -0.351. The maximum absolute atomic E-state index is 12.7. The molecule has 0 fully saturated rings. The van der Waals surface area contributed by atoms with Crippen molar-refractivity contribution >= 4 is 16.9 Å². The summed E-state index contributed by atoms with van der Waals surface area (Å²) >= 11 is 0. The van der Waals surface area contributed by atoms with Gasteiger partial charge in [-0.2, -0.15) is 10.1 Å². The van der Waals surface area contributed by atoms with Crippen LogP contribution in [0.5, 0.6) is 0 Å². The third-order valence-corrected chi connectivity index (χ3v) is 4.52. The number of fused-ring (bicyclic) bond motifs is 1. The van der Waals surface area contributed by atoms with Crippen LogP contribution in [0.1, 0.15) is 40.9 Å². The predicted octanol–water partition coefficient (Wildman–Crippen LogP) is 2.33. The molecule has 0 unspecified atom stereocenters. The summed E-state index contributed by atoms with van der Waals surface area (Å²) in [5.74, 6) is 0.702. The molecule has 1 aromatic carbocycles. The Morgan fingerprint density at radius 3 is 2.96 bits per heavy atom. The summed E-state index contributed by atoms with van der Waals surface area (Å²) in [5.41, 5.74) is 3.10. The minimum absolute atomic E-state index is 0.226. The lowest BCUT2D eigenvalue weighted by Gasteiger charge is -2.20. The molecule has 0 aliphatic carbocycles. The first-order valence-corrected chi connectivity index (χ1v) is 8.54. The molecule has 0 spiro atoms. The van der Waals surface area contributed by atoms with Gasteiger partial charge in [0.2, 0.25) is 5.89 Å². The van der Waals surface area contributed by atoms with Crippen molar-refractivity contribution in [2.24, 2.45) is 0 Å². The van der Waals surface area contributed by atoms with E-state index in [1.54, 1.807) is 26.4 Å². The number of nitrogens with zero attached hydrogens (tertiary/aromatic N) is 6. The van der Waals surface area contributed by atoms with E-state index in [-0.39, 0.29) is 11.9 Å². The zero-order chi connectivity index (χ0) is 19.0. The van der Waals surface area contributed by atoms with Crippen LogP contribution in [0.2, 0.25) is 0 Å². The fourth-order valence-corrected chi connectivity index (χ4v) is 2.88. The number of nitrogens with one attached hydrogen (secondary N) is 1. The van der Waals surface area contributed by atoms with Gasteiger partial charge in [0.05, 0.1) is 29.6 Å². The summed E-state index contributed by atoms with van der Waals surface area (Å²) in [6.07, 6.45) is 1.78. The Kier molecular flexibility index (Phi) is 4.19. The van der Waals surface area contributed by atoms with Gasteiger partial charge in [0.1, 0.15) is 11.7 Å². The molecule has 0 aliphatic heterocycles. The van der Waals surface area contributed by atoms with Gasteiger partial charge in [-0.1, -0.05) is 17.3 Å². The Hall–Kier alpha value is -3.49. The van der Waals surface area contributed by atoms with Gasteiger partial charge in [0.15, 0.2) is 5.82 Å². The summed E-state index contributed by atoms with van der Waals surface area (Å²) in [7, 11) is 1.68. The molecule has 138 valence electrons. The number of aryl methyl sites for hydroxylation is 1. The third kappa shape index (κ3) is 3.19. The summed E-state index contributed by atoms with van der Waals surface area (Å²) in [6, 6.07) is 9.29. The lowest BCUT2D eigenvalue weighted by atomic mass is 10.2. The zero-order valence-electron chi connectivity index (χ0n) is 15.2. The van der Waals surface area contributed by atoms with Crippen molar-refractivity contribution in [1.29, 1.82) is 0 Å². The van der Waals surface area contributed by atoms with E-state index >= 15 is 0 Å². The number of aromatic amines is 1. The summed E-state index contributed by atoms with van der Waals surface area (Å²) in [4.78, 5) is 22.8. The molecule has 9 heteroatoms. The summed E-state index contributed by atoms with van der Waals surface area (Å²) in [6.45, 7) is 4.11. The Labute approximate surface area is 155 Å². The molecule has 0 bridgehead atoms. The largest absolute Gasteiger partial charge is 0.337 e. The Morgan fingerprint density at radius 1 is 1.37 bits per heavy atom. The number of H-pyrrole nitrogens is 1. The van der Waals surface area contributed by atoms with Crippen LogP contribution in [0.15, 0.2) is 41.2 Å². The van der Waals surface area contributed by atoms with Gasteiger partial charge in [-0.05, 0) is 32.0 Å². The van der Waals surface area contributed by atoms with Gasteiger partial charge < -0.3 is 14.0 Å². The number of para-hydroxylation sites is 2. The quantitative estimate of drug-likeness (QED) is 0.582. The van der Waals surface area contributed by atoms with Crippen LogP contribution in [-0.2, 0) is 6.54 Å². The molecule has 0 saturated carbocycles. The van der Waals surface area contributed by atoms with E-state index in [0.29, 0.717) is 24.0 Å². The minimum Gasteiger partial charge on any atom is -0.337 e. The maximum atomic E-state index is 12.7. The molecule has 1 N–H and O–H groups in total. The number of carbonyl (C=O) groups excluding carboxylic acids is 1. The van der Waals surface area contributed by atoms with E-state index in [9.17, 15) is 4.79 Å². The van der Waals surface area contributed by atoms with Crippen LogP contribution < -0.4 is 0 Å². The van der Waals surface area contributed by atoms with Crippen LogP contribution >= 0.6 is 0 Å². The van der Waals surface area contributed by atoms with Gasteiger partial charge >= 0.3 is 0 Å². The molecule has 1 amide bonds. The molecule has 3 aromatic heterocycles. The Morgan fingerprint density at radius 2 is 2.19 bits per heavy atom. The van der Waals surface area contributed by atoms with Gasteiger partial charge in [-0.25, -0.2) is 4.98 Å². The molecule has 1 atom stereocenters. The number of rotatable bonds is 5. The molecule has 3 heterocycles. The highest BCUT2D eigenvalue weighted by Gasteiger charge is 2.25. The van der Waals surface area contributed by atoms with Crippen molar-refractivity contribution in [3.8, 4) is 0 Å². The highest BCUT2D eigenvalue weighted by Crippen LogP contribution is 2.19. The number of amides is 1. The normalized spacial score (nSPS) is 12.4. The van der Waals surface area contributed by atoms with Crippen LogP contribution in [0, 0.1) is 6.92 Å². The summed E-state index contributed by atoms with van der Waals surface area (Å²) in [5, 5.41) is 10.9. The van der Waals surface area contributed by atoms with Crippen LogP contribution in [0.3, 0.4) is 0 Å². The standard InChI is InChI=1S/C18H19N7O2/c1-11(17-20-12(2)23-27-17)24(3)18(26)15-8-13(21-22-15)9-25-10-19-14-6-4-5-7-16(14)25/h4-8,10-11H,9H2,1-3H3,(H,21,22)/t11-/m0/s1. The Balaban J connectivity index is 1.50. The van der Waals surface area contributed by atoms with Gasteiger partial charge in [0.25, 0.3) is 5.91 Å². The van der Waals surface area contributed by atoms with Crippen molar-refractivity contribution in [3.05, 3.63) is 59.8 Å². The molecular weight excluding hydrogens is 346 g/mol. The van der Waals surface area contributed by atoms with Crippen molar-refractivity contribution in [1.82, 2.24) is 34.8 Å². The van der Waals surface area contributed by atoms with E-state index in [1.165, 1.54) is 4.90 Å². The zero-order valence-corrected chi connectivity index (χ0v) is 15.2. The number of benzene rings is 1. The fourth-order valence-electron chi connectivity index (χ4n) is 2.88. The van der Waals surface area contributed by atoms with Gasteiger partial charge in [-0.3, -0.25) is 9.89 Å². The molecule has 9 nitrogen and oxygen atoms in total. The first kappa shape index (κ1) is 17.0. The Bertz CT molecular complexity index is 1090. The monoisotopic (exact) mass is 365 g/mol. The second-order valence-corrected chi connectivity index (χ2v) is 6.41. The van der Waals surface area contributed by atoms with E-state index < -0.39 is 0 Å². The second-order valence-electron chi connectivity index (χ2n) is 6.41. The highest BCUT2D eigenvalue weighted by atomic mass is 16.5. The number of imidazole rings is 1. The van der Waals surface area contributed by atoms with E-state index in [2.05, 4.69) is 25.3 Å². The van der Waals surface area contributed by atoms with Gasteiger partial charge in [-0.15, -0.1) is 0 Å². The third-order valence-electron chi connectivity index (χ3n) is 4.52. The topological polar surface area (TPSA) is 106 Å². The first-order chi connectivity index (χ1) is 13.0. The number of hydrogen-bond acceptors (Lipinski definition) is 6. The lowest BCUT2D eigenvalue weighted by Crippen LogP contribution is -2.30.